The molecule has 0 saturated carbocycles. The third kappa shape index (κ3) is 3.05. The molecule has 2 rings (SSSR count). The molecule has 3 N–H and O–H groups in total. The van der Waals surface area contributed by atoms with Crippen LogP contribution in [0.3, 0.4) is 0 Å². The molecule has 0 aromatic heterocycles. The van der Waals surface area contributed by atoms with Crippen LogP contribution in [0.2, 0.25) is 5.02 Å². The van der Waals surface area contributed by atoms with Gasteiger partial charge in [-0.1, -0.05) is 17.7 Å². The number of nitrogens with one attached hydrogen (secondary N) is 1. The van der Waals surface area contributed by atoms with Gasteiger partial charge in [0.1, 0.15) is 5.82 Å². The molecule has 0 fully saturated rings. The Kier molecular flexibility index (Phi) is 4.07. The van der Waals surface area contributed by atoms with Gasteiger partial charge >= 0.3 is 0 Å². The van der Waals surface area contributed by atoms with Gasteiger partial charge in [0.25, 0.3) is 5.91 Å². The molecule has 0 spiro atoms. The van der Waals surface area contributed by atoms with Crippen LogP contribution in [-0.4, -0.2) is 5.91 Å². The van der Waals surface area contributed by atoms with E-state index in [1.165, 1.54) is 18.2 Å². The highest BCUT2D eigenvalue weighted by molar-refractivity contribution is 9.10. The third-order valence-electron chi connectivity index (χ3n) is 2.45. The number of halogens is 3. The van der Waals surface area contributed by atoms with E-state index in [1.807, 2.05) is 0 Å². The van der Waals surface area contributed by atoms with Crippen molar-refractivity contribution >= 4 is 44.8 Å². The van der Waals surface area contributed by atoms with Gasteiger partial charge in [-0.2, -0.15) is 0 Å². The van der Waals surface area contributed by atoms with Gasteiger partial charge in [0.05, 0.1) is 16.3 Å². The summed E-state index contributed by atoms with van der Waals surface area (Å²) in [6, 6.07) is 8.77. The van der Waals surface area contributed by atoms with E-state index in [0.717, 1.165) is 0 Å². The van der Waals surface area contributed by atoms with E-state index in [2.05, 4.69) is 21.2 Å². The van der Waals surface area contributed by atoms with E-state index in [0.29, 0.717) is 10.2 Å². The standard InChI is InChI=1S/C13H9BrClFN2O/c14-8-6-7(16)4-5-11(8)18-13(19)12-9(15)2-1-3-10(12)17/h1-6H,17H2,(H,18,19). The Labute approximate surface area is 122 Å². The first-order valence-corrected chi connectivity index (χ1v) is 6.46. The summed E-state index contributed by atoms with van der Waals surface area (Å²) in [7, 11) is 0. The second-order valence-corrected chi connectivity index (χ2v) is 5.04. The van der Waals surface area contributed by atoms with Gasteiger partial charge in [-0.25, -0.2) is 4.39 Å². The first-order valence-electron chi connectivity index (χ1n) is 5.29. The molecule has 0 radical (unpaired) electrons. The predicted octanol–water partition coefficient (Wildman–Crippen LogP) is 4.08. The molecule has 2 aromatic rings. The largest absolute Gasteiger partial charge is 0.398 e. The molecule has 0 atom stereocenters. The highest BCUT2D eigenvalue weighted by atomic mass is 79.9. The van der Waals surface area contributed by atoms with Gasteiger partial charge < -0.3 is 11.1 Å². The van der Waals surface area contributed by atoms with Crippen LogP contribution in [0.15, 0.2) is 40.9 Å². The number of hydrogen-bond donors (Lipinski definition) is 2. The quantitative estimate of drug-likeness (QED) is 0.807. The van der Waals surface area contributed by atoms with E-state index in [4.69, 9.17) is 17.3 Å². The zero-order valence-electron chi connectivity index (χ0n) is 9.58. The van der Waals surface area contributed by atoms with Gasteiger partial charge in [0.2, 0.25) is 0 Å². The van der Waals surface area contributed by atoms with E-state index in [-0.39, 0.29) is 16.3 Å². The number of carbonyl (C=O) groups is 1. The van der Waals surface area contributed by atoms with Crippen LogP contribution in [0.1, 0.15) is 10.4 Å². The highest BCUT2D eigenvalue weighted by Crippen LogP contribution is 2.26. The zero-order chi connectivity index (χ0) is 14.0. The maximum absolute atomic E-state index is 13.0. The maximum Gasteiger partial charge on any atom is 0.259 e. The summed E-state index contributed by atoms with van der Waals surface area (Å²) in [5.74, 6) is -0.850. The minimum Gasteiger partial charge on any atom is -0.398 e. The average molecular weight is 344 g/mol. The maximum atomic E-state index is 13.0. The van der Waals surface area contributed by atoms with Crippen LogP contribution >= 0.6 is 27.5 Å². The summed E-state index contributed by atoms with van der Waals surface area (Å²) in [6.07, 6.45) is 0. The summed E-state index contributed by atoms with van der Waals surface area (Å²) >= 11 is 9.11. The molecule has 6 heteroatoms. The Morgan fingerprint density at radius 1 is 1.32 bits per heavy atom. The van der Waals surface area contributed by atoms with E-state index >= 15 is 0 Å². The van der Waals surface area contributed by atoms with Crippen molar-refractivity contribution in [2.75, 3.05) is 11.1 Å². The lowest BCUT2D eigenvalue weighted by Crippen LogP contribution is -2.15. The highest BCUT2D eigenvalue weighted by Gasteiger charge is 2.15. The Bertz CT molecular complexity index is 628. The number of nitrogen functional groups attached to an aromatic ring is 1. The normalized spacial score (nSPS) is 10.3. The zero-order valence-corrected chi connectivity index (χ0v) is 11.9. The molecule has 3 nitrogen and oxygen atoms in total. The van der Waals surface area contributed by atoms with Crippen LogP contribution in [-0.2, 0) is 0 Å². The number of nitrogens with two attached hydrogens (primary N) is 1. The second-order valence-electron chi connectivity index (χ2n) is 3.78. The number of carbonyl (C=O) groups excluding carboxylic acids is 1. The summed E-state index contributed by atoms with van der Waals surface area (Å²) < 4.78 is 13.4. The molecular weight excluding hydrogens is 335 g/mol. The summed E-state index contributed by atoms with van der Waals surface area (Å²) in [6.45, 7) is 0. The Morgan fingerprint density at radius 2 is 2.05 bits per heavy atom. The minimum atomic E-state index is -0.449. The topological polar surface area (TPSA) is 55.1 Å². The minimum absolute atomic E-state index is 0.195. The lowest BCUT2D eigenvalue weighted by molar-refractivity contribution is 0.102. The van der Waals surface area contributed by atoms with Crippen molar-refractivity contribution in [3.63, 3.8) is 0 Å². The first kappa shape index (κ1) is 13.8. The molecule has 0 heterocycles. The summed E-state index contributed by atoms with van der Waals surface area (Å²) in [5.41, 5.74) is 6.63. The number of benzene rings is 2. The smallest absolute Gasteiger partial charge is 0.259 e. The SMILES string of the molecule is Nc1cccc(Cl)c1C(=O)Nc1ccc(F)cc1Br. The molecule has 0 bridgehead atoms. The number of hydrogen-bond acceptors (Lipinski definition) is 2. The summed E-state index contributed by atoms with van der Waals surface area (Å²) in [4.78, 5) is 12.1. The Hall–Kier alpha value is -1.59. The van der Waals surface area contributed by atoms with E-state index < -0.39 is 11.7 Å². The van der Waals surface area contributed by atoms with Crippen molar-refractivity contribution in [1.82, 2.24) is 0 Å². The Balaban J connectivity index is 2.31. The van der Waals surface area contributed by atoms with E-state index in [1.54, 1.807) is 18.2 Å². The van der Waals surface area contributed by atoms with Crippen molar-refractivity contribution in [1.29, 1.82) is 0 Å². The molecule has 2 aromatic carbocycles. The van der Waals surface area contributed by atoms with Crippen molar-refractivity contribution < 1.29 is 9.18 Å². The van der Waals surface area contributed by atoms with Gasteiger partial charge in [-0.15, -0.1) is 0 Å². The Morgan fingerprint density at radius 3 is 2.68 bits per heavy atom. The fourth-order valence-electron chi connectivity index (χ4n) is 1.56. The molecule has 0 saturated heterocycles. The van der Waals surface area contributed by atoms with Crippen molar-refractivity contribution in [3.8, 4) is 0 Å². The predicted molar refractivity (Wildman–Crippen MR) is 77.9 cm³/mol. The molecule has 0 unspecified atom stereocenters. The van der Waals surface area contributed by atoms with Crippen LogP contribution in [0.4, 0.5) is 15.8 Å². The third-order valence-corrected chi connectivity index (χ3v) is 3.42. The molecule has 0 aliphatic heterocycles. The van der Waals surface area contributed by atoms with Crippen LogP contribution < -0.4 is 11.1 Å². The van der Waals surface area contributed by atoms with E-state index in [9.17, 15) is 9.18 Å². The van der Waals surface area contributed by atoms with Crippen molar-refractivity contribution in [3.05, 3.63) is 57.3 Å². The first-order chi connectivity index (χ1) is 8.99. The van der Waals surface area contributed by atoms with Gasteiger partial charge in [0.15, 0.2) is 0 Å². The summed E-state index contributed by atoms with van der Waals surface area (Å²) in [5, 5.41) is 2.88. The number of rotatable bonds is 2. The van der Waals surface area contributed by atoms with Crippen LogP contribution in [0.25, 0.3) is 0 Å². The molecule has 98 valence electrons. The number of amides is 1. The lowest BCUT2D eigenvalue weighted by Gasteiger charge is -2.10. The molecule has 0 aliphatic carbocycles. The monoisotopic (exact) mass is 342 g/mol. The van der Waals surface area contributed by atoms with Gasteiger partial charge in [-0.05, 0) is 46.3 Å². The van der Waals surface area contributed by atoms with Gasteiger partial charge in [-0.3, -0.25) is 4.79 Å². The van der Waals surface area contributed by atoms with Crippen molar-refractivity contribution in [2.45, 2.75) is 0 Å². The van der Waals surface area contributed by atoms with Crippen LogP contribution in [0.5, 0.6) is 0 Å². The second kappa shape index (κ2) is 5.59. The lowest BCUT2D eigenvalue weighted by atomic mass is 10.1. The fraction of sp³-hybridized carbons (Fsp3) is 0. The van der Waals surface area contributed by atoms with Crippen LogP contribution in [0, 0.1) is 5.82 Å². The average Bonchev–Trinajstić information content (AvgIpc) is 2.32. The molecule has 19 heavy (non-hydrogen) atoms. The molecular formula is C13H9BrClFN2O. The van der Waals surface area contributed by atoms with Crippen molar-refractivity contribution in [2.24, 2.45) is 0 Å². The molecule has 1 amide bonds. The van der Waals surface area contributed by atoms with Gasteiger partial charge in [0, 0.05) is 10.2 Å². The fourth-order valence-corrected chi connectivity index (χ4v) is 2.27. The molecule has 0 aliphatic rings. The number of anilines is 2.